The fourth-order valence-corrected chi connectivity index (χ4v) is 5.40. The number of rotatable bonds is 5. The van der Waals surface area contributed by atoms with Crippen molar-refractivity contribution in [3.63, 3.8) is 0 Å². The molecule has 1 amide bonds. The maximum atomic E-state index is 12.2. The zero-order chi connectivity index (χ0) is 34.8. The molecule has 0 atom stereocenters. The lowest BCUT2D eigenvalue weighted by Gasteiger charge is -2.08. The number of anilines is 2. The normalized spacial score (nSPS) is 14.6. The molecule has 2 saturated carbocycles. The van der Waals surface area contributed by atoms with Crippen LogP contribution in [0.5, 0.6) is 0 Å². The highest BCUT2D eigenvalue weighted by atomic mass is 35.5. The molecule has 0 spiro atoms. The Morgan fingerprint density at radius 1 is 0.776 bits per heavy atom. The van der Waals surface area contributed by atoms with Crippen molar-refractivity contribution in [3.8, 4) is 22.3 Å². The van der Waals surface area contributed by atoms with Crippen LogP contribution in [-0.2, 0) is 9.59 Å². The van der Waals surface area contributed by atoms with Gasteiger partial charge in [-0.1, -0.05) is 47.5 Å². The lowest BCUT2D eigenvalue weighted by molar-refractivity contribution is -0.138. The number of carboxylic acids is 1. The number of nitrogens with zero attached hydrogens (tertiary/aromatic N) is 4. The average molecular weight is 692 g/mol. The van der Waals surface area contributed by atoms with Gasteiger partial charge in [-0.2, -0.15) is 0 Å². The number of aromatic nitrogens is 4. The highest BCUT2D eigenvalue weighted by Crippen LogP contribution is 2.41. The van der Waals surface area contributed by atoms with E-state index >= 15 is 0 Å². The maximum absolute atomic E-state index is 12.2. The van der Waals surface area contributed by atoms with Gasteiger partial charge in [0, 0.05) is 83.7 Å². The molecule has 6 N–H and O–H groups in total. The summed E-state index contributed by atoms with van der Waals surface area (Å²) in [7, 11) is 0. The zero-order valence-electron chi connectivity index (χ0n) is 25.8. The molecule has 8 rings (SSSR count). The van der Waals surface area contributed by atoms with Gasteiger partial charge in [0.05, 0.1) is 10.0 Å². The molecule has 13 heteroatoms. The molecular formula is C36H28Cl2N8O3. The summed E-state index contributed by atoms with van der Waals surface area (Å²) in [4.78, 5) is 43.4. The van der Waals surface area contributed by atoms with Crippen LogP contribution < -0.4 is 11.1 Å². The van der Waals surface area contributed by atoms with Crippen LogP contribution in [0.4, 0.5) is 11.4 Å². The average Bonchev–Trinajstić information content (AvgIpc) is 4.03. The molecule has 11 nitrogen and oxygen atoms in total. The standard InChI is InChI=1S/C18H13ClN4O.C13H10ClN3.C5H5NO2/c1-20-18(5-6-18)17(24)23-13-4-2-3-11(7-13)12-8-14-15(19)10-22-16(14)21-9-12;14-12-7-17-13-11(12)5-9(6-16-13)8-2-1-3-10(15)4-8;1-6-5(2-3-5)4(7)8/h2-4,7-10H,5-6H2,(H,21,22)(H,23,24);1-7H,15H2,(H,16,17);2-3H2,(H,7,8). The number of hydrogen-bond donors (Lipinski definition) is 5. The van der Waals surface area contributed by atoms with Gasteiger partial charge in [0.25, 0.3) is 0 Å². The van der Waals surface area contributed by atoms with Gasteiger partial charge in [0.15, 0.2) is 0 Å². The second-order valence-corrected chi connectivity index (χ2v) is 12.6. The molecule has 49 heavy (non-hydrogen) atoms. The van der Waals surface area contributed by atoms with E-state index < -0.39 is 17.0 Å². The Labute approximate surface area is 290 Å². The minimum Gasteiger partial charge on any atom is -0.475 e. The Morgan fingerprint density at radius 3 is 1.73 bits per heavy atom. The van der Waals surface area contributed by atoms with E-state index in [1.807, 2.05) is 66.9 Å². The maximum Gasteiger partial charge on any atom is 0.390 e. The number of aliphatic carboxylic acids is 1. The van der Waals surface area contributed by atoms with Crippen LogP contribution in [0.2, 0.25) is 10.0 Å². The van der Waals surface area contributed by atoms with Gasteiger partial charge >= 0.3 is 23.0 Å². The van der Waals surface area contributed by atoms with E-state index in [0.29, 0.717) is 41.4 Å². The number of halogens is 2. The van der Waals surface area contributed by atoms with Crippen molar-refractivity contribution in [1.29, 1.82) is 0 Å². The number of nitrogen functional groups attached to an aromatic ring is 1. The van der Waals surface area contributed by atoms with Crippen molar-refractivity contribution in [2.45, 2.75) is 36.8 Å². The first-order valence-electron chi connectivity index (χ1n) is 15.1. The van der Waals surface area contributed by atoms with Crippen molar-refractivity contribution in [2.24, 2.45) is 0 Å². The summed E-state index contributed by atoms with van der Waals surface area (Å²) in [5.74, 6) is -1.19. The highest BCUT2D eigenvalue weighted by Gasteiger charge is 2.59. The van der Waals surface area contributed by atoms with E-state index in [9.17, 15) is 9.59 Å². The van der Waals surface area contributed by atoms with E-state index in [1.165, 1.54) is 0 Å². The number of hydrogen-bond acceptors (Lipinski definition) is 5. The fraction of sp³-hybridized carbons (Fsp3) is 0.167. The fourth-order valence-electron chi connectivity index (χ4n) is 5.00. The SMILES string of the molecule is Nc1cccc(-c2cnc3[nH]cc(Cl)c3c2)c1.[C-]#[N+]C1(C(=O)Nc2cccc(-c3cnc4[nH]cc(Cl)c4c3)c2)CC1.[C-]#[N+]C1(C(=O)O)CC1. The first-order chi connectivity index (χ1) is 23.6. The van der Waals surface area contributed by atoms with E-state index in [0.717, 1.165) is 50.0 Å². The van der Waals surface area contributed by atoms with Crippen LogP contribution in [0.15, 0.2) is 85.5 Å². The number of carbonyl (C=O) groups excluding carboxylic acids is 1. The summed E-state index contributed by atoms with van der Waals surface area (Å²) in [6.45, 7) is 13.6. The van der Waals surface area contributed by atoms with E-state index in [1.54, 1.807) is 18.6 Å². The van der Waals surface area contributed by atoms with E-state index in [2.05, 4.69) is 34.9 Å². The van der Waals surface area contributed by atoms with Crippen LogP contribution >= 0.6 is 23.2 Å². The Kier molecular flexibility index (Phi) is 8.98. The van der Waals surface area contributed by atoms with Crippen LogP contribution in [-0.4, -0.2) is 48.0 Å². The summed E-state index contributed by atoms with van der Waals surface area (Å²) >= 11 is 12.2. The molecule has 0 unspecified atom stereocenters. The van der Waals surface area contributed by atoms with Crippen molar-refractivity contribution >= 4 is 68.5 Å². The summed E-state index contributed by atoms with van der Waals surface area (Å²) in [5, 5.41) is 14.2. The van der Waals surface area contributed by atoms with Gasteiger partial charge in [-0.3, -0.25) is 14.5 Å². The first-order valence-corrected chi connectivity index (χ1v) is 15.9. The lowest BCUT2D eigenvalue weighted by Crippen LogP contribution is -2.26. The third-order valence-electron chi connectivity index (χ3n) is 8.33. The molecule has 0 bridgehead atoms. The van der Waals surface area contributed by atoms with Crippen molar-refractivity contribution in [2.75, 3.05) is 11.1 Å². The summed E-state index contributed by atoms with van der Waals surface area (Å²) < 4.78 is 0. The zero-order valence-corrected chi connectivity index (χ0v) is 27.3. The van der Waals surface area contributed by atoms with Gasteiger partial charge < -0.3 is 26.1 Å². The number of pyridine rings is 2. The Balaban J connectivity index is 0.000000144. The predicted molar refractivity (Wildman–Crippen MR) is 191 cm³/mol. The van der Waals surface area contributed by atoms with Crippen molar-refractivity contribution in [3.05, 3.63) is 118 Å². The summed E-state index contributed by atoms with van der Waals surface area (Å²) in [6, 6.07) is 19.2. The monoisotopic (exact) mass is 690 g/mol. The van der Waals surface area contributed by atoms with Gasteiger partial charge in [0.1, 0.15) is 11.3 Å². The molecule has 6 aromatic rings. The number of aromatic amines is 2. The second-order valence-electron chi connectivity index (χ2n) is 11.8. The van der Waals surface area contributed by atoms with Crippen molar-refractivity contribution in [1.82, 2.24) is 19.9 Å². The largest absolute Gasteiger partial charge is 0.475 e. The van der Waals surface area contributed by atoms with Crippen LogP contribution in [0.25, 0.3) is 54.0 Å². The third-order valence-corrected chi connectivity index (χ3v) is 8.96. The molecule has 0 radical (unpaired) electrons. The number of benzene rings is 2. The molecule has 4 aromatic heterocycles. The van der Waals surface area contributed by atoms with Crippen LogP contribution in [0.3, 0.4) is 0 Å². The molecule has 2 aliphatic rings. The van der Waals surface area contributed by atoms with Crippen LogP contribution in [0.1, 0.15) is 25.7 Å². The van der Waals surface area contributed by atoms with Gasteiger partial charge in [-0.25, -0.2) is 27.9 Å². The Hall–Kier alpha value is -5.88. The number of carbonyl (C=O) groups is 2. The van der Waals surface area contributed by atoms with Gasteiger partial charge in [0.2, 0.25) is 0 Å². The minimum atomic E-state index is -1.00. The third kappa shape index (κ3) is 7.04. The number of nitrogens with one attached hydrogen (secondary N) is 3. The summed E-state index contributed by atoms with van der Waals surface area (Å²) in [6.07, 6.45) is 9.35. The number of nitrogens with two attached hydrogens (primary N) is 1. The predicted octanol–water partition coefficient (Wildman–Crippen LogP) is 8.26. The van der Waals surface area contributed by atoms with Crippen LogP contribution in [0, 0.1) is 13.1 Å². The van der Waals surface area contributed by atoms with E-state index in [-0.39, 0.29) is 5.91 Å². The lowest BCUT2D eigenvalue weighted by atomic mass is 10.1. The molecule has 4 heterocycles. The van der Waals surface area contributed by atoms with Gasteiger partial charge in [-0.05, 0) is 47.5 Å². The number of H-pyrrole nitrogens is 2. The summed E-state index contributed by atoms with van der Waals surface area (Å²) in [5.41, 5.74) is 10.7. The number of carboxylic acid groups (broad SMARTS) is 1. The highest BCUT2D eigenvalue weighted by molar-refractivity contribution is 6.35. The Morgan fingerprint density at radius 2 is 1.29 bits per heavy atom. The van der Waals surface area contributed by atoms with Crippen molar-refractivity contribution < 1.29 is 14.7 Å². The van der Waals surface area contributed by atoms with E-state index in [4.69, 9.17) is 47.2 Å². The molecule has 2 aromatic carbocycles. The molecule has 244 valence electrons. The molecule has 0 aliphatic heterocycles. The second kappa shape index (κ2) is 13.3. The molecule has 0 saturated heterocycles. The Bertz CT molecular complexity index is 2310. The topological polar surface area (TPSA) is 158 Å². The molecule has 2 aliphatic carbocycles. The number of fused-ring (bicyclic) bond motifs is 2. The molecule has 2 fully saturated rings. The number of amides is 1. The molecular weight excluding hydrogens is 663 g/mol. The van der Waals surface area contributed by atoms with Gasteiger partial charge in [-0.15, -0.1) is 0 Å². The smallest absolute Gasteiger partial charge is 0.390 e. The first kappa shape index (κ1) is 33.0. The quantitative estimate of drug-likeness (QED) is 0.0905. The minimum absolute atomic E-state index is 0.225.